The van der Waals surface area contributed by atoms with Crippen LogP contribution in [-0.4, -0.2) is 16.2 Å². The predicted molar refractivity (Wildman–Crippen MR) is 58.1 cm³/mol. The molecule has 1 heterocycles. The highest BCUT2D eigenvalue weighted by atomic mass is 19.1. The first-order valence-electron chi connectivity index (χ1n) is 4.95. The van der Waals surface area contributed by atoms with Crippen LogP contribution in [0.4, 0.5) is 10.1 Å². The van der Waals surface area contributed by atoms with Gasteiger partial charge in [0.05, 0.1) is 5.69 Å². The van der Waals surface area contributed by atoms with Gasteiger partial charge in [-0.05, 0) is 30.6 Å². The van der Waals surface area contributed by atoms with Crippen LogP contribution in [-0.2, 0) is 0 Å². The van der Waals surface area contributed by atoms with Gasteiger partial charge in [0.2, 0.25) is 0 Å². The van der Waals surface area contributed by atoms with Gasteiger partial charge in [-0.2, -0.15) is 0 Å². The Morgan fingerprint density at radius 3 is 2.76 bits per heavy atom. The lowest BCUT2D eigenvalue weighted by molar-refractivity contribution is 0.101. The van der Waals surface area contributed by atoms with Crippen LogP contribution in [0.1, 0.15) is 21.7 Å². The Kier molecular flexibility index (Phi) is 2.86. The lowest BCUT2D eigenvalue weighted by Gasteiger charge is -2.06. The molecule has 0 radical (unpaired) electrons. The first-order chi connectivity index (χ1) is 8.09. The van der Waals surface area contributed by atoms with Crippen molar-refractivity contribution in [3.63, 3.8) is 0 Å². The molecule has 2 aromatic rings. The summed E-state index contributed by atoms with van der Waals surface area (Å²) in [7, 11) is 0. The molecule has 0 unspecified atom stereocenters. The van der Waals surface area contributed by atoms with Crippen LogP contribution in [0.3, 0.4) is 0 Å². The summed E-state index contributed by atoms with van der Waals surface area (Å²) in [6.07, 6.45) is 0. The number of rotatable bonds is 2. The van der Waals surface area contributed by atoms with Gasteiger partial charge >= 0.3 is 0 Å². The Morgan fingerprint density at radius 2 is 2.12 bits per heavy atom. The third-order valence-electron chi connectivity index (χ3n) is 2.31. The zero-order valence-corrected chi connectivity index (χ0v) is 9.32. The Hall–Kier alpha value is -2.24. The van der Waals surface area contributed by atoms with Crippen LogP contribution >= 0.6 is 0 Å². The summed E-state index contributed by atoms with van der Waals surface area (Å²) >= 11 is 0. The number of carbonyl (C=O) groups is 1. The number of benzene rings is 1. The number of hydrogen-bond donors (Lipinski definition) is 1. The lowest BCUT2D eigenvalue weighted by Crippen LogP contribution is -2.14. The first-order valence-corrected chi connectivity index (χ1v) is 4.95. The van der Waals surface area contributed by atoms with E-state index in [1.807, 2.05) is 0 Å². The van der Waals surface area contributed by atoms with Gasteiger partial charge in [0, 0.05) is 0 Å². The molecule has 1 aromatic carbocycles. The molecular formula is C11H10FN3O2. The van der Waals surface area contributed by atoms with Crippen LogP contribution < -0.4 is 5.32 Å². The van der Waals surface area contributed by atoms with Crippen molar-refractivity contribution < 1.29 is 13.8 Å². The zero-order chi connectivity index (χ0) is 12.4. The third kappa shape index (κ3) is 2.15. The highest BCUT2D eigenvalue weighted by Gasteiger charge is 2.16. The smallest absolute Gasteiger partial charge is 0.279 e. The van der Waals surface area contributed by atoms with E-state index in [0.29, 0.717) is 11.3 Å². The van der Waals surface area contributed by atoms with Crippen LogP contribution in [0.5, 0.6) is 0 Å². The summed E-state index contributed by atoms with van der Waals surface area (Å²) in [6, 6.07) is 4.75. The number of nitrogens with zero attached hydrogens (tertiary/aromatic N) is 2. The molecule has 0 atom stereocenters. The molecule has 0 aliphatic carbocycles. The maximum absolute atomic E-state index is 13.6. The highest BCUT2D eigenvalue weighted by Crippen LogP contribution is 2.18. The van der Waals surface area contributed by atoms with Crippen molar-refractivity contribution in [3.8, 4) is 0 Å². The molecule has 0 aliphatic heterocycles. The standard InChI is InChI=1S/C11H10FN3O2/c1-6-4-3-5-8(9(6)12)13-11(16)10-7(2)14-17-15-10/h3-5H,1-2H3,(H,13,16). The summed E-state index contributed by atoms with van der Waals surface area (Å²) in [4.78, 5) is 11.7. The SMILES string of the molecule is Cc1cccc(NC(=O)c2nonc2C)c1F. The average molecular weight is 235 g/mol. The fourth-order valence-electron chi connectivity index (χ4n) is 1.36. The van der Waals surface area contributed by atoms with Crippen molar-refractivity contribution in [2.45, 2.75) is 13.8 Å². The van der Waals surface area contributed by atoms with Gasteiger partial charge < -0.3 is 5.32 Å². The summed E-state index contributed by atoms with van der Waals surface area (Å²) in [5.41, 5.74) is 0.969. The van der Waals surface area contributed by atoms with Crippen molar-refractivity contribution in [1.29, 1.82) is 0 Å². The molecule has 2 rings (SSSR count). The minimum atomic E-state index is -0.548. The maximum atomic E-state index is 13.6. The van der Waals surface area contributed by atoms with Crippen LogP contribution in [0.2, 0.25) is 0 Å². The number of aryl methyl sites for hydroxylation is 2. The summed E-state index contributed by atoms with van der Waals surface area (Å²) < 4.78 is 18.0. The number of hydrogen-bond acceptors (Lipinski definition) is 4. The monoisotopic (exact) mass is 235 g/mol. The summed E-state index contributed by atoms with van der Waals surface area (Å²) in [5.74, 6) is -1.01. The van der Waals surface area contributed by atoms with Gasteiger partial charge in [0.1, 0.15) is 11.5 Å². The van der Waals surface area contributed by atoms with E-state index in [9.17, 15) is 9.18 Å². The molecule has 17 heavy (non-hydrogen) atoms. The number of amides is 1. The fourth-order valence-corrected chi connectivity index (χ4v) is 1.36. The number of aromatic nitrogens is 2. The number of anilines is 1. The van der Waals surface area contributed by atoms with E-state index in [1.54, 1.807) is 26.0 Å². The highest BCUT2D eigenvalue weighted by molar-refractivity contribution is 6.03. The molecule has 5 nitrogen and oxygen atoms in total. The van der Waals surface area contributed by atoms with Crippen LogP contribution in [0.25, 0.3) is 0 Å². The molecule has 6 heteroatoms. The Morgan fingerprint density at radius 1 is 1.35 bits per heavy atom. The molecule has 0 saturated carbocycles. The molecule has 1 amide bonds. The quantitative estimate of drug-likeness (QED) is 0.865. The van der Waals surface area contributed by atoms with Crippen molar-refractivity contribution >= 4 is 11.6 Å². The minimum Gasteiger partial charge on any atom is -0.318 e. The second-order valence-corrected chi connectivity index (χ2v) is 3.59. The molecular weight excluding hydrogens is 225 g/mol. The minimum absolute atomic E-state index is 0.0471. The molecule has 0 aliphatic rings. The van der Waals surface area contributed by atoms with E-state index in [2.05, 4.69) is 20.3 Å². The lowest BCUT2D eigenvalue weighted by atomic mass is 10.2. The Bertz CT molecular complexity index is 566. The zero-order valence-electron chi connectivity index (χ0n) is 9.32. The topological polar surface area (TPSA) is 68.0 Å². The van der Waals surface area contributed by atoms with Gasteiger partial charge in [-0.3, -0.25) is 4.79 Å². The van der Waals surface area contributed by atoms with Crippen molar-refractivity contribution in [3.05, 3.63) is 41.0 Å². The van der Waals surface area contributed by atoms with E-state index >= 15 is 0 Å². The average Bonchev–Trinajstić information content (AvgIpc) is 2.71. The van der Waals surface area contributed by atoms with Gasteiger partial charge in [-0.15, -0.1) is 0 Å². The predicted octanol–water partition coefficient (Wildman–Crippen LogP) is 2.08. The van der Waals surface area contributed by atoms with Crippen molar-refractivity contribution in [1.82, 2.24) is 10.3 Å². The number of nitrogens with one attached hydrogen (secondary N) is 1. The van der Waals surface area contributed by atoms with Crippen molar-refractivity contribution in [2.75, 3.05) is 5.32 Å². The van der Waals surface area contributed by atoms with Gasteiger partial charge in [0.25, 0.3) is 5.91 Å². The molecule has 1 N–H and O–H groups in total. The van der Waals surface area contributed by atoms with Gasteiger partial charge in [0.15, 0.2) is 5.69 Å². The number of carbonyl (C=O) groups excluding carboxylic acids is 1. The summed E-state index contributed by atoms with van der Waals surface area (Å²) in [6.45, 7) is 3.20. The fraction of sp³-hybridized carbons (Fsp3) is 0.182. The second kappa shape index (κ2) is 4.32. The molecule has 0 bridgehead atoms. The van der Waals surface area contributed by atoms with Crippen molar-refractivity contribution in [2.24, 2.45) is 0 Å². The molecule has 0 spiro atoms. The first kappa shape index (κ1) is 11.3. The van der Waals surface area contributed by atoms with Gasteiger partial charge in [-0.25, -0.2) is 9.02 Å². The van der Waals surface area contributed by atoms with Crippen LogP contribution in [0, 0.1) is 19.7 Å². The third-order valence-corrected chi connectivity index (χ3v) is 2.31. The summed E-state index contributed by atoms with van der Waals surface area (Å²) in [5, 5.41) is 9.34. The van der Waals surface area contributed by atoms with E-state index in [4.69, 9.17) is 0 Å². The maximum Gasteiger partial charge on any atom is 0.279 e. The normalized spacial score (nSPS) is 10.3. The van der Waals surface area contributed by atoms with E-state index in [0.717, 1.165) is 0 Å². The second-order valence-electron chi connectivity index (χ2n) is 3.59. The van der Waals surface area contributed by atoms with E-state index in [-0.39, 0.29) is 11.4 Å². The molecule has 88 valence electrons. The molecule has 0 fully saturated rings. The van der Waals surface area contributed by atoms with E-state index < -0.39 is 11.7 Å². The van der Waals surface area contributed by atoms with E-state index in [1.165, 1.54) is 6.07 Å². The Balaban J connectivity index is 2.25. The number of halogens is 1. The van der Waals surface area contributed by atoms with Gasteiger partial charge in [-0.1, -0.05) is 17.3 Å². The van der Waals surface area contributed by atoms with Crippen LogP contribution in [0.15, 0.2) is 22.8 Å². The Labute approximate surface area is 96.6 Å². The largest absolute Gasteiger partial charge is 0.318 e. The molecule has 1 aromatic heterocycles. The molecule has 0 saturated heterocycles.